The van der Waals surface area contributed by atoms with E-state index in [1.165, 1.54) is 0 Å². The second-order valence-corrected chi connectivity index (χ2v) is 3.14. The van der Waals surface area contributed by atoms with Crippen molar-refractivity contribution >= 4 is 0 Å². The summed E-state index contributed by atoms with van der Waals surface area (Å²) in [5, 5.41) is 3.05. The highest BCUT2D eigenvalue weighted by Gasteiger charge is 2.07. The van der Waals surface area contributed by atoms with Crippen molar-refractivity contribution in [3.8, 4) is 0 Å². The van der Waals surface area contributed by atoms with Gasteiger partial charge in [-0.25, -0.2) is 0 Å². The molecule has 0 bridgehead atoms. The van der Waals surface area contributed by atoms with E-state index in [1.54, 1.807) is 0 Å². The fraction of sp³-hybridized carbons (Fsp3) is 0.750. The van der Waals surface area contributed by atoms with Gasteiger partial charge in [-0.3, -0.25) is 5.32 Å². The summed E-state index contributed by atoms with van der Waals surface area (Å²) < 4.78 is 5.37. The first-order valence-corrected chi connectivity index (χ1v) is 3.52. The van der Waals surface area contributed by atoms with Crippen LogP contribution in [-0.4, -0.2) is 18.9 Å². The van der Waals surface area contributed by atoms with E-state index < -0.39 is 0 Å². The van der Waals surface area contributed by atoms with Crippen molar-refractivity contribution in [1.29, 1.82) is 0 Å². The van der Waals surface area contributed by atoms with E-state index in [9.17, 15) is 0 Å². The van der Waals surface area contributed by atoms with Gasteiger partial charge < -0.3 is 4.74 Å². The molecule has 2 nitrogen and oxygen atoms in total. The lowest BCUT2D eigenvalue weighted by molar-refractivity contribution is -0.0118. The molecule has 0 rings (SSSR count). The third-order valence-corrected chi connectivity index (χ3v) is 0.896. The molecule has 0 atom stereocenters. The van der Waals surface area contributed by atoms with Gasteiger partial charge in [0, 0.05) is 6.54 Å². The van der Waals surface area contributed by atoms with Crippen molar-refractivity contribution in [3.63, 3.8) is 0 Å². The first-order valence-electron chi connectivity index (χ1n) is 3.52. The third kappa shape index (κ3) is 7.66. The van der Waals surface area contributed by atoms with Crippen molar-refractivity contribution in [2.45, 2.75) is 26.4 Å². The van der Waals surface area contributed by atoms with E-state index in [2.05, 4.69) is 11.9 Å². The molecule has 60 valence electrons. The Morgan fingerprint density at radius 1 is 1.50 bits per heavy atom. The Kier molecular flexibility index (Phi) is 4.32. The van der Waals surface area contributed by atoms with Crippen LogP contribution in [0.1, 0.15) is 20.8 Å². The number of ether oxygens (including phenoxy) is 1. The molecule has 0 saturated carbocycles. The second-order valence-electron chi connectivity index (χ2n) is 3.14. The summed E-state index contributed by atoms with van der Waals surface area (Å²) in [4.78, 5) is 0. The Hall–Kier alpha value is -0.340. The molecule has 0 aliphatic carbocycles. The number of nitrogens with one attached hydrogen (secondary N) is 1. The molecular formula is C8H17NO. The average molecular weight is 143 g/mol. The van der Waals surface area contributed by atoms with Gasteiger partial charge in [-0.1, -0.05) is 6.08 Å². The van der Waals surface area contributed by atoms with Gasteiger partial charge in [-0.15, -0.1) is 6.58 Å². The second kappa shape index (κ2) is 4.47. The molecule has 0 aliphatic rings. The van der Waals surface area contributed by atoms with Crippen molar-refractivity contribution in [2.75, 3.05) is 13.3 Å². The van der Waals surface area contributed by atoms with Crippen LogP contribution in [0.2, 0.25) is 0 Å². The normalized spacial score (nSPS) is 11.5. The molecule has 0 aromatic rings. The highest BCUT2D eigenvalue weighted by molar-refractivity contribution is 4.68. The molecule has 0 amide bonds. The molecule has 0 aliphatic heterocycles. The van der Waals surface area contributed by atoms with Crippen molar-refractivity contribution in [2.24, 2.45) is 0 Å². The summed E-state index contributed by atoms with van der Waals surface area (Å²) in [6, 6.07) is 0. The lowest BCUT2D eigenvalue weighted by Gasteiger charge is -2.19. The molecule has 0 spiro atoms. The molecule has 1 N–H and O–H groups in total. The molecule has 0 aromatic carbocycles. The minimum Gasteiger partial charge on any atom is -0.361 e. The molecule has 0 heterocycles. The smallest absolute Gasteiger partial charge is 0.0974 e. The standard InChI is InChI=1S/C8H17NO/c1-5-6-9-7-10-8(2,3)4/h5,9H,1,6-7H2,2-4H3. The first-order chi connectivity index (χ1) is 4.56. The highest BCUT2D eigenvalue weighted by Crippen LogP contribution is 2.04. The summed E-state index contributed by atoms with van der Waals surface area (Å²) in [5.74, 6) is 0. The van der Waals surface area contributed by atoms with Crippen LogP contribution in [0.3, 0.4) is 0 Å². The van der Waals surface area contributed by atoms with Crippen LogP contribution in [-0.2, 0) is 4.74 Å². The van der Waals surface area contributed by atoms with Crippen molar-refractivity contribution in [1.82, 2.24) is 5.32 Å². The van der Waals surface area contributed by atoms with E-state index in [-0.39, 0.29) is 5.60 Å². The first kappa shape index (κ1) is 9.66. The number of hydrogen-bond donors (Lipinski definition) is 1. The summed E-state index contributed by atoms with van der Waals surface area (Å²) in [5.41, 5.74) is -0.0475. The van der Waals surface area contributed by atoms with Crippen LogP contribution in [0.25, 0.3) is 0 Å². The van der Waals surface area contributed by atoms with Gasteiger partial charge in [0.1, 0.15) is 0 Å². The fourth-order valence-electron chi connectivity index (χ4n) is 0.429. The third-order valence-electron chi connectivity index (χ3n) is 0.896. The molecular weight excluding hydrogens is 126 g/mol. The Balaban J connectivity index is 3.12. The SMILES string of the molecule is C=CCNCOC(C)(C)C. The lowest BCUT2D eigenvalue weighted by atomic mass is 10.2. The summed E-state index contributed by atoms with van der Waals surface area (Å²) in [7, 11) is 0. The predicted octanol–water partition coefficient (Wildman–Crippen LogP) is 1.53. The number of hydrogen-bond acceptors (Lipinski definition) is 2. The van der Waals surface area contributed by atoms with E-state index >= 15 is 0 Å². The van der Waals surface area contributed by atoms with Gasteiger partial charge in [0.05, 0.1) is 12.3 Å². The minimum absolute atomic E-state index is 0.0475. The van der Waals surface area contributed by atoms with Crippen LogP contribution >= 0.6 is 0 Å². The zero-order chi connectivity index (χ0) is 8.04. The van der Waals surface area contributed by atoms with Crippen LogP contribution in [0.15, 0.2) is 12.7 Å². The number of rotatable bonds is 4. The highest BCUT2D eigenvalue weighted by atomic mass is 16.5. The minimum atomic E-state index is -0.0475. The van der Waals surface area contributed by atoms with Crippen LogP contribution in [0.4, 0.5) is 0 Å². The van der Waals surface area contributed by atoms with Gasteiger partial charge >= 0.3 is 0 Å². The Morgan fingerprint density at radius 3 is 2.50 bits per heavy atom. The van der Waals surface area contributed by atoms with E-state index in [1.807, 2.05) is 26.8 Å². The maximum atomic E-state index is 5.37. The van der Waals surface area contributed by atoms with Gasteiger partial charge in [-0.05, 0) is 20.8 Å². The maximum Gasteiger partial charge on any atom is 0.0974 e. The van der Waals surface area contributed by atoms with Crippen molar-refractivity contribution in [3.05, 3.63) is 12.7 Å². The summed E-state index contributed by atoms with van der Waals surface area (Å²) in [6.45, 7) is 11.1. The largest absolute Gasteiger partial charge is 0.361 e. The van der Waals surface area contributed by atoms with Gasteiger partial charge in [0.2, 0.25) is 0 Å². The maximum absolute atomic E-state index is 5.37. The average Bonchev–Trinajstić information content (AvgIpc) is 1.78. The molecule has 2 heteroatoms. The Bertz CT molecular complexity index is 93.9. The van der Waals surface area contributed by atoms with Gasteiger partial charge in [-0.2, -0.15) is 0 Å². The topological polar surface area (TPSA) is 21.3 Å². The lowest BCUT2D eigenvalue weighted by Crippen LogP contribution is -2.27. The molecule has 0 fully saturated rings. The van der Waals surface area contributed by atoms with Crippen molar-refractivity contribution < 1.29 is 4.74 Å². The quantitative estimate of drug-likeness (QED) is 0.366. The Morgan fingerprint density at radius 2 is 2.10 bits per heavy atom. The monoisotopic (exact) mass is 143 g/mol. The molecule has 0 saturated heterocycles. The summed E-state index contributed by atoms with van der Waals surface area (Å²) in [6.07, 6.45) is 1.81. The zero-order valence-corrected chi connectivity index (χ0v) is 7.11. The van der Waals surface area contributed by atoms with E-state index in [0.717, 1.165) is 6.54 Å². The van der Waals surface area contributed by atoms with Gasteiger partial charge in [0.25, 0.3) is 0 Å². The molecule has 0 radical (unpaired) electrons. The molecule has 0 aromatic heterocycles. The molecule has 0 unspecified atom stereocenters. The predicted molar refractivity (Wildman–Crippen MR) is 43.9 cm³/mol. The van der Waals surface area contributed by atoms with Crippen LogP contribution in [0, 0.1) is 0 Å². The Labute approximate surface area is 63.3 Å². The van der Waals surface area contributed by atoms with Crippen LogP contribution < -0.4 is 5.32 Å². The van der Waals surface area contributed by atoms with E-state index in [0.29, 0.717) is 6.73 Å². The van der Waals surface area contributed by atoms with Crippen LogP contribution in [0.5, 0.6) is 0 Å². The molecule has 10 heavy (non-hydrogen) atoms. The van der Waals surface area contributed by atoms with E-state index in [4.69, 9.17) is 4.74 Å². The summed E-state index contributed by atoms with van der Waals surface area (Å²) >= 11 is 0. The fourth-order valence-corrected chi connectivity index (χ4v) is 0.429. The zero-order valence-electron chi connectivity index (χ0n) is 7.11. The van der Waals surface area contributed by atoms with Gasteiger partial charge in [0.15, 0.2) is 0 Å².